The number of nitrogens with zero attached hydrogens (tertiary/aromatic N) is 2. The van der Waals surface area contributed by atoms with Gasteiger partial charge in [0.25, 0.3) is 0 Å². The number of carbonyl (C=O) groups excluding carboxylic acids is 3. The number of Topliss-reactive ketones (excluding diaryl/α,β-unsaturated/α-hetero) is 1. The largest absolute Gasteiger partial charge is 0.490 e. The van der Waals surface area contributed by atoms with Gasteiger partial charge in [0, 0.05) is 11.6 Å². The molecule has 2 aromatic carbocycles. The predicted octanol–water partition coefficient (Wildman–Crippen LogP) is 5.85. The molecule has 3 unspecified atom stereocenters. The highest BCUT2D eigenvalue weighted by Crippen LogP contribution is 2.46. The Morgan fingerprint density at radius 1 is 1.05 bits per heavy atom. The predicted molar refractivity (Wildman–Crippen MR) is 160 cm³/mol. The van der Waals surface area contributed by atoms with E-state index >= 15 is 0 Å². The van der Waals surface area contributed by atoms with Crippen LogP contribution in [0.15, 0.2) is 59.6 Å². The third kappa shape index (κ3) is 8.75. The lowest BCUT2D eigenvalue weighted by molar-refractivity contribution is 0.0663. The second-order valence-electron chi connectivity index (χ2n) is 12.6. The zero-order chi connectivity index (χ0) is 30.1. The van der Waals surface area contributed by atoms with Crippen molar-refractivity contribution in [2.45, 2.75) is 71.4 Å². The van der Waals surface area contributed by atoms with Crippen molar-refractivity contribution in [1.82, 2.24) is 10.2 Å². The first kappa shape index (κ1) is 32.0. The van der Waals surface area contributed by atoms with Crippen molar-refractivity contribution < 1.29 is 23.9 Å². The van der Waals surface area contributed by atoms with Crippen molar-refractivity contribution in [3.63, 3.8) is 0 Å². The summed E-state index contributed by atoms with van der Waals surface area (Å²) in [6, 6.07) is 17.1. The van der Waals surface area contributed by atoms with Crippen LogP contribution in [0.3, 0.4) is 0 Å². The normalized spacial score (nSPS) is 21.3. The molecule has 222 valence electrons. The fraction of sp³-hybridized carbons (Fsp3) is 0.545. The van der Waals surface area contributed by atoms with Crippen molar-refractivity contribution in [1.29, 1.82) is 0 Å². The molecule has 1 saturated carbocycles. The molecule has 3 rings (SSSR count). The number of isocyanates is 1. The monoisotopic (exact) mass is 563 g/mol. The summed E-state index contributed by atoms with van der Waals surface area (Å²) >= 11 is 0. The zero-order valence-corrected chi connectivity index (χ0v) is 25.4. The summed E-state index contributed by atoms with van der Waals surface area (Å²) < 4.78 is 11.1. The van der Waals surface area contributed by atoms with Gasteiger partial charge in [0.15, 0.2) is 5.78 Å². The van der Waals surface area contributed by atoms with Gasteiger partial charge in [-0.2, -0.15) is 0 Å². The lowest BCUT2D eigenvalue weighted by atomic mass is 9.62. The van der Waals surface area contributed by atoms with Crippen molar-refractivity contribution in [3.05, 3.63) is 65.7 Å². The van der Waals surface area contributed by atoms with Gasteiger partial charge in [-0.1, -0.05) is 58.0 Å². The van der Waals surface area contributed by atoms with Gasteiger partial charge < -0.3 is 14.8 Å². The number of aliphatic imine (C=N–C) groups is 1. The van der Waals surface area contributed by atoms with Gasteiger partial charge in [-0.15, -0.1) is 0 Å². The first-order valence-corrected chi connectivity index (χ1v) is 14.4. The lowest BCUT2D eigenvalue weighted by Gasteiger charge is -2.45. The highest BCUT2D eigenvalue weighted by Gasteiger charge is 2.42. The fourth-order valence-corrected chi connectivity index (χ4v) is 6.53. The van der Waals surface area contributed by atoms with Crippen LogP contribution in [0.5, 0.6) is 5.75 Å². The third-order valence-corrected chi connectivity index (χ3v) is 8.20. The molecular weight excluding hydrogens is 518 g/mol. The molecule has 0 saturated heterocycles. The second-order valence-corrected chi connectivity index (χ2v) is 12.6. The first-order chi connectivity index (χ1) is 19.4. The van der Waals surface area contributed by atoms with Crippen LogP contribution in [0, 0.1) is 10.8 Å². The maximum absolute atomic E-state index is 13.7. The van der Waals surface area contributed by atoms with Gasteiger partial charge >= 0.3 is 6.09 Å². The van der Waals surface area contributed by atoms with E-state index in [9.17, 15) is 14.4 Å². The van der Waals surface area contributed by atoms with Crippen molar-refractivity contribution >= 4 is 18.0 Å². The molecule has 1 fully saturated rings. The summed E-state index contributed by atoms with van der Waals surface area (Å²) in [4.78, 5) is 42.6. The Morgan fingerprint density at radius 2 is 1.73 bits per heavy atom. The van der Waals surface area contributed by atoms with Gasteiger partial charge in [-0.3, -0.25) is 9.69 Å². The highest BCUT2D eigenvalue weighted by molar-refractivity contribution is 6.03. The molecule has 8 nitrogen and oxygen atoms in total. The minimum atomic E-state index is -0.655. The second kappa shape index (κ2) is 13.9. The van der Waals surface area contributed by atoms with Gasteiger partial charge in [0.2, 0.25) is 6.08 Å². The van der Waals surface area contributed by atoms with Crippen LogP contribution in [0.1, 0.15) is 69.3 Å². The van der Waals surface area contributed by atoms with E-state index in [1.165, 1.54) is 0 Å². The zero-order valence-electron chi connectivity index (χ0n) is 25.4. The third-order valence-electron chi connectivity index (χ3n) is 8.20. The number of nitrogens with one attached hydrogen (secondary N) is 1. The number of hydrogen-bond acceptors (Lipinski definition) is 7. The van der Waals surface area contributed by atoms with Crippen molar-refractivity contribution in [3.8, 4) is 5.75 Å². The minimum Gasteiger partial charge on any atom is -0.490 e. The maximum Gasteiger partial charge on any atom is 0.407 e. The summed E-state index contributed by atoms with van der Waals surface area (Å²) in [5.41, 5.74) is 0.913. The summed E-state index contributed by atoms with van der Waals surface area (Å²) in [7, 11) is 3.90. The molecule has 3 atom stereocenters. The van der Waals surface area contributed by atoms with Crippen molar-refractivity contribution in [2.24, 2.45) is 15.8 Å². The molecule has 0 spiro atoms. The van der Waals surface area contributed by atoms with Crippen LogP contribution in [-0.4, -0.2) is 68.3 Å². The van der Waals surface area contributed by atoms with Crippen molar-refractivity contribution in [2.75, 3.05) is 33.9 Å². The SMILES string of the molecule is CCC(Cc1ccccc1)(C(=O)c1ccc(OCCOC(=O)NC2CC(C)(C)CC(C)(CN=C=O)C2)cc1)N(C)C. The Hall–Kier alpha value is -3.48. The number of ether oxygens (including phenoxy) is 2. The van der Waals surface area contributed by atoms with Gasteiger partial charge in [-0.05, 0) is 86.9 Å². The number of ketones is 1. The van der Waals surface area contributed by atoms with Gasteiger partial charge in [0.05, 0.1) is 12.1 Å². The molecule has 0 radical (unpaired) electrons. The maximum atomic E-state index is 13.7. The highest BCUT2D eigenvalue weighted by atomic mass is 16.6. The van der Waals surface area contributed by atoms with E-state index in [1.807, 2.05) is 44.1 Å². The van der Waals surface area contributed by atoms with Gasteiger partial charge in [0.1, 0.15) is 19.0 Å². The molecule has 0 aliphatic heterocycles. The van der Waals surface area contributed by atoms with Crippen LogP contribution in [0.25, 0.3) is 0 Å². The van der Waals surface area contributed by atoms with Gasteiger partial charge in [-0.25, -0.2) is 14.6 Å². The van der Waals surface area contributed by atoms with E-state index in [0.717, 1.165) is 24.8 Å². The average molecular weight is 564 g/mol. The Balaban J connectivity index is 1.51. The van der Waals surface area contributed by atoms with Crippen LogP contribution >= 0.6 is 0 Å². The molecular formula is C33H45N3O5. The number of rotatable bonds is 13. The fourth-order valence-electron chi connectivity index (χ4n) is 6.53. The smallest absolute Gasteiger partial charge is 0.407 e. The summed E-state index contributed by atoms with van der Waals surface area (Å²) in [5.74, 6) is 0.668. The molecule has 0 aromatic heterocycles. The average Bonchev–Trinajstić information content (AvgIpc) is 2.92. The Labute approximate surface area is 244 Å². The van der Waals surface area contributed by atoms with E-state index < -0.39 is 11.6 Å². The van der Waals surface area contributed by atoms with E-state index in [-0.39, 0.29) is 35.9 Å². The summed E-state index contributed by atoms with van der Waals surface area (Å²) in [5, 5.41) is 2.97. The molecule has 0 heterocycles. The van der Waals surface area contributed by atoms with Crippen LogP contribution in [0.2, 0.25) is 0 Å². The molecule has 1 aliphatic carbocycles. The number of amides is 1. The first-order valence-electron chi connectivity index (χ1n) is 14.4. The Morgan fingerprint density at radius 3 is 2.34 bits per heavy atom. The topological polar surface area (TPSA) is 97.3 Å². The molecule has 0 bridgehead atoms. The molecule has 1 aliphatic rings. The van der Waals surface area contributed by atoms with Crippen LogP contribution in [-0.2, 0) is 16.0 Å². The number of hydrogen-bond donors (Lipinski definition) is 1. The van der Waals surface area contributed by atoms with E-state index in [4.69, 9.17) is 9.47 Å². The molecule has 8 heteroatoms. The Kier molecular flexibility index (Phi) is 10.9. The minimum absolute atomic E-state index is 0.00485. The van der Waals surface area contributed by atoms with Crippen LogP contribution < -0.4 is 10.1 Å². The standard InChI is InChI=1S/C33H45N3O5/c1-7-33(36(5)6,19-25-11-9-8-10-12-25)29(38)26-13-15-28(16-14-26)40-17-18-41-30(39)35-27-20-31(2,3)22-32(4,21-27)23-34-24-37/h8-16,27H,7,17-23H2,1-6H3,(H,35,39). The van der Waals surface area contributed by atoms with E-state index in [2.05, 4.69) is 43.2 Å². The molecule has 2 aromatic rings. The number of carbonyl (C=O) groups is 2. The van der Waals surface area contributed by atoms with Crippen LogP contribution in [0.4, 0.5) is 4.79 Å². The lowest BCUT2D eigenvalue weighted by Crippen LogP contribution is -2.52. The summed E-state index contributed by atoms with van der Waals surface area (Å²) in [6.45, 7) is 9.13. The number of alkyl carbamates (subject to hydrolysis) is 1. The quantitative estimate of drug-likeness (QED) is 0.142. The molecule has 41 heavy (non-hydrogen) atoms. The van der Waals surface area contributed by atoms with E-state index in [0.29, 0.717) is 30.7 Å². The number of benzene rings is 2. The number of likely N-dealkylation sites (N-methyl/N-ethyl adjacent to an activating group) is 1. The summed E-state index contributed by atoms with van der Waals surface area (Å²) in [6.07, 6.45) is 4.90. The van der Waals surface area contributed by atoms with E-state index in [1.54, 1.807) is 30.3 Å². The molecule has 1 N–H and O–H groups in total. The Bertz CT molecular complexity index is 1210. The molecule has 1 amide bonds.